The van der Waals surface area contributed by atoms with Crippen molar-refractivity contribution < 1.29 is 4.92 Å². The van der Waals surface area contributed by atoms with Gasteiger partial charge in [-0.1, -0.05) is 17.7 Å². The topological polar surface area (TPSA) is 93.8 Å². The molecule has 21 heavy (non-hydrogen) atoms. The van der Waals surface area contributed by atoms with Gasteiger partial charge in [0.2, 0.25) is 11.0 Å². The molecule has 1 aliphatic rings. The summed E-state index contributed by atoms with van der Waals surface area (Å²) in [4.78, 5) is 23.0. The molecule has 1 fully saturated rings. The van der Waals surface area contributed by atoms with Gasteiger partial charge in [0.1, 0.15) is 5.82 Å². The van der Waals surface area contributed by atoms with E-state index in [2.05, 4.69) is 20.3 Å². The van der Waals surface area contributed by atoms with E-state index in [1.54, 1.807) is 12.3 Å². The van der Waals surface area contributed by atoms with Crippen LogP contribution in [0.25, 0.3) is 0 Å². The zero-order chi connectivity index (χ0) is 14.8. The van der Waals surface area contributed by atoms with Crippen LogP contribution in [-0.4, -0.2) is 19.9 Å². The number of nitrogens with zero attached hydrogens (tertiary/aromatic N) is 4. The number of nitro groups is 1. The average Bonchev–Trinajstić information content (AvgIpc) is 3.29. The van der Waals surface area contributed by atoms with Gasteiger partial charge in [-0.15, -0.1) is 0 Å². The SMILES string of the molecule is O=[N+]([O-])c1c(Cl)nc(C2CC2)nc1NCc1ccccn1. The minimum Gasteiger partial charge on any atom is -0.359 e. The lowest BCUT2D eigenvalue weighted by Crippen LogP contribution is -2.09. The van der Waals surface area contributed by atoms with Crippen LogP contribution >= 0.6 is 11.6 Å². The molecule has 0 amide bonds. The Bertz CT molecular complexity index is 676. The number of halogens is 1. The molecule has 0 aromatic carbocycles. The fourth-order valence-corrected chi connectivity index (χ4v) is 2.17. The van der Waals surface area contributed by atoms with Crippen LogP contribution in [-0.2, 0) is 6.54 Å². The van der Waals surface area contributed by atoms with Gasteiger partial charge in [-0.3, -0.25) is 15.1 Å². The third-order valence-corrected chi connectivity index (χ3v) is 3.41. The third kappa shape index (κ3) is 3.08. The van der Waals surface area contributed by atoms with Gasteiger partial charge in [0.05, 0.1) is 17.2 Å². The molecular formula is C13H12ClN5O2. The standard InChI is InChI=1S/C13H12ClN5O2/c14-11-10(19(20)21)13(18-12(17-11)8-4-5-8)16-7-9-3-1-2-6-15-9/h1-3,6,8H,4-5,7H2,(H,16,17,18). The fourth-order valence-electron chi connectivity index (χ4n) is 1.93. The normalized spacial score (nSPS) is 14.0. The molecule has 0 unspecified atom stereocenters. The Hall–Kier alpha value is -2.28. The quantitative estimate of drug-likeness (QED) is 0.518. The summed E-state index contributed by atoms with van der Waals surface area (Å²) in [5, 5.41) is 13.9. The van der Waals surface area contributed by atoms with E-state index in [4.69, 9.17) is 11.6 Å². The van der Waals surface area contributed by atoms with Gasteiger partial charge in [0, 0.05) is 12.1 Å². The van der Waals surface area contributed by atoms with Crippen molar-refractivity contribution in [1.29, 1.82) is 0 Å². The van der Waals surface area contributed by atoms with Gasteiger partial charge >= 0.3 is 5.69 Å². The molecule has 2 heterocycles. The van der Waals surface area contributed by atoms with Crippen molar-refractivity contribution in [1.82, 2.24) is 15.0 Å². The first-order valence-corrected chi connectivity index (χ1v) is 6.88. The first-order valence-electron chi connectivity index (χ1n) is 6.50. The molecule has 7 nitrogen and oxygen atoms in total. The molecule has 1 N–H and O–H groups in total. The molecule has 1 aliphatic carbocycles. The largest absolute Gasteiger partial charge is 0.359 e. The number of nitrogens with one attached hydrogen (secondary N) is 1. The van der Waals surface area contributed by atoms with E-state index in [9.17, 15) is 10.1 Å². The molecule has 0 bridgehead atoms. The van der Waals surface area contributed by atoms with E-state index in [0.717, 1.165) is 18.5 Å². The van der Waals surface area contributed by atoms with Gasteiger partial charge in [-0.05, 0) is 25.0 Å². The van der Waals surface area contributed by atoms with E-state index >= 15 is 0 Å². The van der Waals surface area contributed by atoms with E-state index in [1.807, 2.05) is 12.1 Å². The Morgan fingerprint density at radius 1 is 1.38 bits per heavy atom. The van der Waals surface area contributed by atoms with Crippen molar-refractivity contribution in [2.45, 2.75) is 25.3 Å². The van der Waals surface area contributed by atoms with Crippen molar-refractivity contribution in [2.24, 2.45) is 0 Å². The first-order chi connectivity index (χ1) is 10.1. The van der Waals surface area contributed by atoms with Crippen LogP contribution in [0.2, 0.25) is 5.15 Å². The second-order valence-electron chi connectivity index (χ2n) is 4.78. The Morgan fingerprint density at radius 2 is 2.19 bits per heavy atom. The van der Waals surface area contributed by atoms with Gasteiger partial charge in [-0.2, -0.15) is 0 Å². The third-order valence-electron chi connectivity index (χ3n) is 3.15. The molecule has 3 rings (SSSR count). The van der Waals surface area contributed by atoms with Crippen molar-refractivity contribution in [2.75, 3.05) is 5.32 Å². The van der Waals surface area contributed by atoms with E-state index in [1.165, 1.54) is 0 Å². The molecule has 0 aliphatic heterocycles. The fraction of sp³-hybridized carbons (Fsp3) is 0.308. The van der Waals surface area contributed by atoms with Crippen LogP contribution in [0, 0.1) is 10.1 Å². The summed E-state index contributed by atoms with van der Waals surface area (Å²) < 4.78 is 0. The Morgan fingerprint density at radius 3 is 2.81 bits per heavy atom. The highest BCUT2D eigenvalue weighted by Crippen LogP contribution is 2.41. The predicted molar refractivity (Wildman–Crippen MR) is 77.2 cm³/mol. The highest BCUT2D eigenvalue weighted by Gasteiger charge is 2.31. The maximum Gasteiger partial charge on any atom is 0.348 e. The molecule has 8 heteroatoms. The minimum absolute atomic E-state index is 0.125. The van der Waals surface area contributed by atoms with Crippen molar-refractivity contribution in [3.63, 3.8) is 0 Å². The Balaban J connectivity index is 1.89. The van der Waals surface area contributed by atoms with Crippen LogP contribution in [0.1, 0.15) is 30.3 Å². The molecule has 0 saturated heterocycles. The average molecular weight is 306 g/mol. The maximum atomic E-state index is 11.1. The Kier molecular flexibility index (Phi) is 3.66. The summed E-state index contributed by atoms with van der Waals surface area (Å²) in [6.07, 6.45) is 3.65. The molecule has 2 aromatic heterocycles. The zero-order valence-corrected chi connectivity index (χ0v) is 11.7. The second-order valence-corrected chi connectivity index (χ2v) is 5.13. The number of hydrogen-bond donors (Lipinski definition) is 1. The predicted octanol–water partition coefficient (Wildman–Crippen LogP) is 2.92. The molecule has 1 saturated carbocycles. The molecule has 108 valence electrons. The van der Waals surface area contributed by atoms with Gasteiger partial charge in [0.25, 0.3) is 0 Å². The summed E-state index contributed by atoms with van der Waals surface area (Å²) in [5.74, 6) is 0.973. The molecule has 2 aromatic rings. The number of aromatic nitrogens is 3. The van der Waals surface area contributed by atoms with Crippen LogP contribution in [0.4, 0.5) is 11.5 Å². The van der Waals surface area contributed by atoms with Crippen LogP contribution in [0.5, 0.6) is 0 Å². The number of pyridine rings is 1. The smallest absolute Gasteiger partial charge is 0.348 e. The van der Waals surface area contributed by atoms with E-state index < -0.39 is 4.92 Å². The highest BCUT2D eigenvalue weighted by molar-refractivity contribution is 6.31. The molecular weight excluding hydrogens is 294 g/mol. The van der Waals surface area contributed by atoms with E-state index in [-0.39, 0.29) is 22.6 Å². The summed E-state index contributed by atoms with van der Waals surface area (Å²) in [5.41, 5.74) is 0.464. The second kappa shape index (κ2) is 5.61. The number of rotatable bonds is 5. The van der Waals surface area contributed by atoms with E-state index in [0.29, 0.717) is 12.4 Å². The van der Waals surface area contributed by atoms with Crippen molar-refractivity contribution in [3.8, 4) is 0 Å². The molecule has 0 spiro atoms. The first kappa shape index (κ1) is 13.7. The molecule has 0 radical (unpaired) electrons. The van der Waals surface area contributed by atoms with Crippen LogP contribution in [0.15, 0.2) is 24.4 Å². The monoisotopic (exact) mass is 305 g/mol. The highest BCUT2D eigenvalue weighted by atomic mass is 35.5. The van der Waals surface area contributed by atoms with Crippen molar-refractivity contribution in [3.05, 3.63) is 51.2 Å². The van der Waals surface area contributed by atoms with Crippen LogP contribution in [0.3, 0.4) is 0 Å². The lowest BCUT2D eigenvalue weighted by atomic mass is 10.3. The Labute approximate surface area is 125 Å². The van der Waals surface area contributed by atoms with Gasteiger partial charge in [0.15, 0.2) is 0 Å². The summed E-state index contributed by atoms with van der Waals surface area (Å²) >= 11 is 5.93. The lowest BCUT2D eigenvalue weighted by molar-refractivity contribution is -0.384. The maximum absolute atomic E-state index is 11.1. The number of hydrogen-bond acceptors (Lipinski definition) is 6. The van der Waals surface area contributed by atoms with Crippen molar-refractivity contribution >= 4 is 23.1 Å². The lowest BCUT2D eigenvalue weighted by Gasteiger charge is -2.08. The minimum atomic E-state index is -0.570. The van der Waals surface area contributed by atoms with Gasteiger partial charge in [-0.25, -0.2) is 9.97 Å². The van der Waals surface area contributed by atoms with Crippen LogP contribution < -0.4 is 5.32 Å². The summed E-state index contributed by atoms with van der Waals surface area (Å²) in [6.45, 7) is 0.332. The number of anilines is 1. The zero-order valence-electron chi connectivity index (χ0n) is 11.0. The molecule has 0 atom stereocenters. The van der Waals surface area contributed by atoms with Gasteiger partial charge < -0.3 is 5.32 Å². The summed E-state index contributed by atoms with van der Waals surface area (Å²) in [7, 11) is 0. The summed E-state index contributed by atoms with van der Waals surface area (Å²) in [6, 6.07) is 5.48.